The van der Waals surface area contributed by atoms with E-state index in [2.05, 4.69) is 5.32 Å². The molecule has 94 valence electrons. The van der Waals surface area contributed by atoms with Crippen LogP contribution in [0.1, 0.15) is 27.2 Å². The Hall–Kier alpha value is -0.360. The summed E-state index contributed by atoms with van der Waals surface area (Å²) in [4.78, 5) is 22.8. The van der Waals surface area contributed by atoms with Crippen molar-refractivity contribution in [1.29, 1.82) is 0 Å². The van der Waals surface area contributed by atoms with Crippen molar-refractivity contribution in [3.63, 3.8) is 0 Å². The first-order valence-electron chi connectivity index (χ1n) is 5.36. The first kappa shape index (κ1) is 15.6. The topological polar surface area (TPSA) is 55.4 Å². The van der Waals surface area contributed by atoms with Crippen LogP contribution in [0.3, 0.4) is 0 Å². The number of carbonyl (C=O) groups is 2. The first-order chi connectivity index (χ1) is 7.65. The lowest BCUT2D eigenvalue weighted by Gasteiger charge is -2.16. The fourth-order valence-electron chi connectivity index (χ4n) is 0.907. The molecule has 0 rings (SSSR count). The first-order valence-corrected chi connectivity index (χ1v) is 7.84. The second-order valence-corrected chi connectivity index (χ2v) is 5.71. The molecule has 1 amide bonds. The molecule has 6 heteroatoms. The molecular formula is C10H19NO3S2. The summed E-state index contributed by atoms with van der Waals surface area (Å²) in [5, 5.41) is 2.66. The van der Waals surface area contributed by atoms with Gasteiger partial charge in [-0.2, -0.15) is 0 Å². The SMILES string of the molecule is CCOC(=O)C(CSSCC)NC(=O)CC. The lowest BCUT2D eigenvalue weighted by atomic mass is 10.3. The van der Waals surface area contributed by atoms with Crippen LogP contribution >= 0.6 is 21.6 Å². The van der Waals surface area contributed by atoms with E-state index in [9.17, 15) is 9.59 Å². The zero-order chi connectivity index (χ0) is 12.4. The number of carbonyl (C=O) groups excluding carboxylic acids is 2. The van der Waals surface area contributed by atoms with Crippen molar-refractivity contribution in [2.75, 3.05) is 18.1 Å². The molecule has 0 saturated carbocycles. The number of nitrogens with one attached hydrogen (secondary N) is 1. The van der Waals surface area contributed by atoms with Crippen LogP contribution in [0, 0.1) is 0 Å². The van der Waals surface area contributed by atoms with E-state index in [1.165, 1.54) is 0 Å². The average Bonchev–Trinajstić information content (AvgIpc) is 2.28. The highest BCUT2D eigenvalue weighted by atomic mass is 33.1. The highest BCUT2D eigenvalue weighted by Gasteiger charge is 2.21. The van der Waals surface area contributed by atoms with Gasteiger partial charge in [0.2, 0.25) is 5.91 Å². The number of amides is 1. The van der Waals surface area contributed by atoms with Crippen LogP contribution in [0.5, 0.6) is 0 Å². The summed E-state index contributed by atoms with van der Waals surface area (Å²) in [5.41, 5.74) is 0. The maximum Gasteiger partial charge on any atom is 0.329 e. The molecule has 1 atom stereocenters. The zero-order valence-electron chi connectivity index (χ0n) is 9.95. The highest BCUT2D eigenvalue weighted by Crippen LogP contribution is 2.21. The maximum atomic E-state index is 11.5. The molecule has 0 heterocycles. The minimum atomic E-state index is -0.531. The second-order valence-electron chi connectivity index (χ2n) is 2.92. The van der Waals surface area contributed by atoms with Gasteiger partial charge in [0.1, 0.15) is 6.04 Å². The van der Waals surface area contributed by atoms with Gasteiger partial charge < -0.3 is 10.1 Å². The van der Waals surface area contributed by atoms with Crippen LogP contribution in [0.15, 0.2) is 0 Å². The molecule has 4 nitrogen and oxygen atoms in total. The molecule has 0 spiro atoms. The Bertz CT molecular complexity index is 224. The minimum absolute atomic E-state index is 0.125. The van der Waals surface area contributed by atoms with Crippen LogP contribution in [-0.2, 0) is 14.3 Å². The van der Waals surface area contributed by atoms with Crippen molar-refractivity contribution in [3.05, 3.63) is 0 Å². The van der Waals surface area contributed by atoms with E-state index in [0.717, 1.165) is 5.75 Å². The molecule has 0 aromatic carbocycles. The van der Waals surface area contributed by atoms with Crippen LogP contribution < -0.4 is 5.32 Å². The number of hydrogen-bond acceptors (Lipinski definition) is 5. The number of esters is 1. The molecule has 0 aliphatic carbocycles. The van der Waals surface area contributed by atoms with Gasteiger partial charge in [-0.3, -0.25) is 4.79 Å². The summed E-state index contributed by atoms with van der Waals surface area (Å²) < 4.78 is 4.90. The smallest absolute Gasteiger partial charge is 0.329 e. The molecule has 0 saturated heterocycles. The van der Waals surface area contributed by atoms with Crippen molar-refractivity contribution in [3.8, 4) is 0 Å². The van der Waals surface area contributed by atoms with Crippen LogP contribution in [0.2, 0.25) is 0 Å². The normalized spacial score (nSPS) is 11.9. The van der Waals surface area contributed by atoms with Gasteiger partial charge in [-0.1, -0.05) is 35.4 Å². The van der Waals surface area contributed by atoms with E-state index in [4.69, 9.17) is 4.74 Å². The second kappa shape index (κ2) is 9.84. The van der Waals surface area contributed by atoms with Crippen LogP contribution in [-0.4, -0.2) is 36.0 Å². The van der Waals surface area contributed by atoms with Gasteiger partial charge in [0, 0.05) is 17.9 Å². The molecule has 0 aliphatic rings. The summed E-state index contributed by atoms with van der Waals surface area (Å²) in [7, 11) is 3.23. The van der Waals surface area contributed by atoms with Crippen molar-refractivity contribution < 1.29 is 14.3 Å². The molecule has 0 bridgehead atoms. The number of hydrogen-bond donors (Lipinski definition) is 1. The summed E-state index contributed by atoms with van der Waals surface area (Å²) in [6.45, 7) is 5.89. The van der Waals surface area contributed by atoms with Gasteiger partial charge in [0.05, 0.1) is 6.61 Å². The van der Waals surface area contributed by atoms with Crippen molar-refractivity contribution in [2.45, 2.75) is 33.2 Å². The monoisotopic (exact) mass is 265 g/mol. The zero-order valence-corrected chi connectivity index (χ0v) is 11.6. The third-order valence-corrected chi connectivity index (χ3v) is 4.15. The Morgan fingerprint density at radius 3 is 2.44 bits per heavy atom. The lowest BCUT2D eigenvalue weighted by molar-refractivity contribution is -0.146. The van der Waals surface area contributed by atoms with E-state index in [1.807, 2.05) is 6.92 Å². The molecule has 1 unspecified atom stereocenters. The largest absolute Gasteiger partial charge is 0.464 e. The van der Waals surface area contributed by atoms with Gasteiger partial charge in [0.25, 0.3) is 0 Å². The summed E-state index contributed by atoms with van der Waals surface area (Å²) in [6, 6.07) is -0.531. The Morgan fingerprint density at radius 1 is 1.25 bits per heavy atom. The van der Waals surface area contributed by atoms with E-state index in [1.54, 1.807) is 35.4 Å². The van der Waals surface area contributed by atoms with Crippen molar-refractivity contribution in [1.82, 2.24) is 5.32 Å². The van der Waals surface area contributed by atoms with Gasteiger partial charge in [0.15, 0.2) is 0 Å². The Labute approximate surface area is 105 Å². The van der Waals surface area contributed by atoms with Gasteiger partial charge in [-0.05, 0) is 6.92 Å². The van der Waals surface area contributed by atoms with E-state index >= 15 is 0 Å². The Kier molecular flexibility index (Phi) is 9.62. The fraction of sp³-hybridized carbons (Fsp3) is 0.800. The molecule has 0 radical (unpaired) electrons. The predicted octanol–water partition coefficient (Wildman–Crippen LogP) is 1.85. The van der Waals surface area contributed by atoms with Gasteiger partial charge >= 0.3 is 5.97 Å². The quantitative estimate of drug-likeness (QED) is 0.412. The Balaban J connectivity index is 4.14. The van der Waals surface area contributed by atoms with Crippen LogP contribution in [0.4, 0.5) is 0 Å². The standard InChI is InChI=1S/C10H19NO3S2/c1-4-9(12)11-8(7-16-15-6-3)10(13)14-5-2/h8H,4-7H2,1-3H3,(H,11,12). The minimum Gasteiger partial charge on any atom is -0.464 e. The molecule has 0 aromatic rings. The summed E-state index contributed by atoms with van der Waals surface area (Å²) in [6.07, 6.45) is 0.376. The van der Waals surface area contributed by atoms with Crippen molar-refractivity contribution in [2.24, 2.45) is 0 Å². The van der Waals surface area contributed by atoms with E-state index in [0.29, 0.717) is 18.8 Å². The maximum absolute atomic E-state index is 11.5. The Morgan fingerprint density at radius 2 is 1.94 bits per heavy atom. The third kappa shape index (κ3) is 7.00. The summed E-state index contributed by atoms with van der Waals surface area (Å²) >= 11 is 0. The molecule has 1 N–H and O–H groups in total. The molecule has 0 aliphatic heterocycles. The highest BCUT2D eigenvalue weighted by molar-refractivity contribution is 8.76. The van der Waals surface area contributed by atoms with Crippen LogP contribution in [0.25, 0.3) is 0 Å². The third-order valence-electron chi connectivity index (χ3n) is 1.66. The number of ether oxygens (including phenoxy) is 1. The van der Waals surface area contributed by atoms with Crippen molar-refractivity contribution >= 4 is 33.5 Å². The molecule has 16 heavy (non-hydrogen) atoms. The molecule has 0 aromatic heterocycles. The predicted molar refractivity (Wildman–Crippen MR) is 69.4 cm³/mol. The number of rotatable bonds is 8. The van der Waals surface area contributed by atoms with Gasteiger partial charge in [-0.15, -0.1) is 0 Å². The average molecular weight is 265 g/mol. The van der Waals surface area contributed by atoms with Gasteiger partial charge in [-0.25, -0.2) is 4.79 Å². The lowest BCUT2D eigenvalue weighted by Crippen LogP contribution is -2.43. The fourth-order valence-corrected chi connectivity index (χ4v) is 2.72. The van der Waals surface area contributed by atoms with E-state index in [-0.39, 0.29) is 11.9 Å². The molecule has 0 fully saturated rings. The molecular weight excluding hydrogens is 246 g/mol. The van der Waals surface area contributed by atoms with E-state index < -0.39 is 6.04 Å². The summed E-state index contributed by atoms with van der Waals surface area (Å²) in [5.74, 6) is 1.04.